The molecule has 0 fully saturated rings. The quantitative estimate of drug-likeness (QED) is 0.697. The number of hydrogen-bond acceptors (Lipinski definition) is 5. The van der Waals surface area contributed by atoms with Crippen molar-refractivity contribution in [3.8, 4) is 11.4 Å². The minimum Gasteiger partial charge on any atom is -0.339 e. The molecule has 3 aromatic rings. The predicted octanol–water partition coefficient (Wildman–Crippen LogP) is 4.37. The first-order valence-corrected chi connectivity index (χ1v) is 9.89. The number of sulfonamides is 1. The lowest BCUT2D eigenvalue weighted by Crippen LogP contribution is -2.14. The Kier molecular flexibility index (Phi) is 5.02. The van der Waals surface area contributed by atoms with Crippen LogP contribution < -0.4 is 4.72 Å². The first kappa shape index (κ1) is 18.4. The van der Waals surface area contributed by atoms with Gasteiger partial charge in [0.25, 0.3) is 10.0 Å². The lowest BCUT2D eigenvalue weighted by atomic mass is 10.1. The molecule has 1 heterocycles. The Labute approximate surface area is 157 Å². The van der Waals surface area contributed by atoms with Crippen LogP contribution in [0.25, 0.3) is 11.4 Å². The molecule has 0 aliphatic rings. The molecule has 3 rings (SSSR count). The van der Waals surface area contributed by atoms with Gasteiger partial charge in [0.2, 0.25) is 11.7 Å². The van der Waals surface area contributed by atoms with Gasteiger partial charge in [0, 0.05) is 17.0 Å². The first-order valence-electron chi connectivity index (χ1n) is 8.02. The molecule has 6 nitrogen and oxygen atoms in total. The normalized spacial score (nSPS) is 11.5. The van der Waals surface area contributed by atoms with Crippen molar-refractivity contribution >= 4 is 27.3 Å². The lowest BCUT2D eigenvalue weighted by Gasteiger charge is -2.12. The molecule has 0 saturated heterocycles. The number of aryl methyl sites for hydroxylation is 3. The van der Waals surface area contributed by atoms with E-state index in [1.54, 1.807) is 37.3 Å². The lowest BCUT2D eigenvalue weighted by molar-refractivity contribution is 0.383. The van der Waals surface area contributed by atoms with Gasteiger partial charge in [-0.25, -0.2) is 8.42 Å². The molecule has 2 aromatic carbocycles. The molecule has 0 saturated carbocycles. The number of nitrogens with one attached hydrogen (secondary N) is 1. The van der Waals surface area contributed by atoms with Gasteiger partial charge < -0.3 is 4.52 Å². The van der Waals surface area contributed by atoms with Gasteiger partial charge in [-0.2, -0.15) is 4.98 Å². The van der Waals surface area contributed by atoms with Crippen molar-refractivity contribution in [2.45, 2.75) is 32.1 Å². The maximum Gasteiger partial charge on any atom is 0.262 e. The summed E-state index contributed by atoms with van der Waals surface area (Å²) in [6.07, 6.45) is 0.611. The molecule has 0 amide bonds. The van der Waals surface area contributed by atoms with E-state index in [1.807, 2.05) is 13.8 Å². The minimum absolute atomic E-state index is 0.148. The van der Waals surface area contributed by atoms with Gasteiger partial charge in [-0.1, -0.05) is 41.9 Å². The highest BCUT2D eigenvalue weighted by molar-refractivity contribution is 7.92. The van der Waals surface area contributed by atoms with Crippen molar-refractivity contribution in [2.75, 3.05) is 4.72 Å². The molecule has 0 spiro atoms. The number of hydrogen-bond donors (Lipinski definition) is 1. The van der Waals surface area contributed by atoms with Crippen molar-refractivity contribution in [1.29, 1.82) is 0 Å². The molecule has 1 N–H and O–H groups in total. The Morgan fingerprint density at radius 1 is 1.12 bits per heavy atom. The molecule has 0 aliphatic heterocycles. The van der Waals surface area contributed by atoms with E-state index >= 15 is 0 Å². The fourth-order valence-electron chi connectivity index (χ4n) is 2.41. The maximum absolute atomic E-state index is 12.8. The summed E-state index contributed by atoms with van der Waals surface area (Å²) in [7, 11) is -3.80. The highest BCUT2D eigenvalue weighted by atomic mass is 35.5. The van der Waals surface area contributed by atoms with E-state index in [-0.39, 0.29) is 4.90 Å². The molecule has 0 aliphatic carbocycles. The van der Waals surface area contributed by atoms with Crippen molar-refractivity contribution in [1.82, 2.24) is 10.1 Å². The van der Waals surface area contributed by atoms with Crippen LogP contribution in [0.1, 0.15) is 23.9 Å². The van der Waals surface area contributed by atoms with Crippen molar-refractivity contribution in [3.05, 3.63) is 58.4 Å². The summed E-state index contributed by atoms with van der Waals surface area (Å²) in [6, 6.07) is 10.0. The van der Waals surface area contributed by atoms with Crippen molar-refractivity contribution < 1.29 is 12.9 Å². The fraction of sp³-hybridized carbons (Fsp3) is 0.222. The Bertz CT molecular complexity index is 1060. The van der Waals surface area contributed by atoms with Crippen LogP contribution in [-0.2, 0) is 16.4 Å². The largest absolute Gasteiger partial charge is 0.339 e. The van der Waals surface area contributed by atoms with Gasteiger partial charge in [0.05, 0.1) is 10.6 Å². The Morgan fingerprint density at radius 2 is 1.85 bits per heavy atom. The predicted molar refractivity (Wildman–Crippen MR) is 101 cm³/mol. The van der Waals surface area contributed by atoms with Gasteiger partial charge in [-0.3, -0.25) is 4.72 Å². The van der Waals surface area contributed by atoms with Crippen LogP contribution in [0.3, 0.4) is 0 Å². The molecule has 0 radical (unpaired) electrons. The maximum atomic E-state index is 12.8. The summed E-state index contributed by atoms with van der Waals surface area (Å²) >= 11 is 6.08. The highest BCUT2D eigenvalue weighted by Crippen LogP contribution is 2.27. The van der Waals surface area contributed by atoms with E-state index in [2.05, 4.69) is 14.9 Å². The van der Waals surface area contributed by atoms with Crippen molar-refractivity contribution in [3.63, 3.8) is 0 Å². The summed E-state index contributed by atoms with van der Waals surface area (Å²) in [6.45, 7) is 5.48. The molecular weight excluding hydrogens is 374 g/mol. The number of aromatic nitrogens is 2. The summed E-state index contributed by atoms with van der Waals surface area (Å²) in [5, 5.41) is 4.39. The Balaban J connectivity index is 1.98. The number of halogens is 1. The molecule has 26 heavy (non-hydrogen) atoms. The van der Waals surface area contributed by atoms with E-state index in [0.29, 0.717) is 40.0 Å². The second-order valence-electron chi connectivity index (χ2n) is 5.92. The topological polar surface area (TPSA) is 85.1 Å². The molecule has 0 atom stereocenters. The molecule has 136 valence electrons. The van der Waals surface area contributed by atoms with Gasteiger partial charge in [0.1, 0.15) is 0 Å². The summed E-state index contributed by atoms with van der Waals surface area (Å²) in [5.74, 6) is 0.856. The summed E-state index contributed by atoms with van der Waals surface area (Å²) in [5.41, 5.74) is 2.45. The zero-order valence-electron chi connectivity index (χ0n) is 14.6. The van der Waals surface area contributed by atoms with Gasteiger partial charge >= 0.3 is 0 Å². The van der Waals surface area contributed by atoms with Crippen LogP contribution in [0.4, 0.5) is 5.69 Å². The van der Waals surface area contributed by atoms with Crippen LogP contribution in [0.15, 0.2) is 45.8 Å². The van der Waals surface area contributed by atoms with Crippen LogP contribution in [-0.4, -0.2) is 18.6 Å². The SMILES string of the molecule is CCc1nc(-c2ccc(C)c(S(=O)(=O)Nc3ccc(C)c(Cl)c3)c2)no1. The first-order chi connectivity index (χ1) is 12.3. The van der Waals surface area contributed by atoms with E-state index in [9.17, 15) is 8.42 Å². The third-order valence-corrected chi connectivity index (χ3v) is 5.86. The molecule has 0 bridgehead atoms. The van der Waals surface area contributed by atoms with Gasteiger partial charge in [-0.05, 0) is 43.2 Å². The monoisotopic (exact) mass is 391 g/mol. The Morgan fingerprint density at radius 3 is 2.50 bits per heavy atom. The van der Waals surface area contributed by atoms with Crippen LogP contribution in [0.2, 0.25) is 5.02 Å². The third kappa shape index (κ3) is 3.73. The Hall–Kier alpha value is -2.38. The standard InChI is InChI=1S/C18H18ClN3O3S/c1-4-17-20-18(21-25-17)13-7-5-12(3)16(9-13)26(23,24)22-14-8-6-11(2)15(19)10-14/h5-10,22H,4H2,1-3H3. The number of nitrogens with zero attached hydrogens (tertiary/aromatic N) is 2. The van der Waals surface area contributed by atoms with Crippen molar-refractivity contribution in [2.24, 2.45) is 0 Å². The van der Waals surface area contributed by atoms with E-state index < -0.39 is 10.0 Å². The number of anilines is 1. The fourth-order valence-corrected chi connectivity index (χ4v) is 3.91. The van der Waals surface area contributed by atoms with E-state index in [1.165, 1.54) is 6.07 Å². The highest BCUT2D eigenvalue weighted by Gasteiger charge is 2.19. The van der Waals surface area contributed by atoms with E-state index in [0.717, 1.165) is 5.56 Å². The zero-order valence-corrected chi connectivity index (χ0v) is 16.1. The number of rotatable bonds is 5. The average molecular weight is 392 g/mol. The zero-order chi connectivity index (χ0) is 18.9. The van der Waals surface area contributed by atoms with Crippen LogP contribution in [0.5, 0.6) is 0 Å². The minimum atomic E-state index is -3.80. The average Bonchev–Trinajstić information content (AvgIpc) is 3.07. The van der Waals surface area contributed by atoms with E-state index in [4.69, 9.17) is 16.1 Å². The smallest absolute Gasteiger partial charge is 0.262 e. The molecule has 1 aromatic heterocycles. The third-order valence-electron chi connectivity index (χ3n) is 3.93. The van der Waals surface area contributed by atoms with Gasteiger partial charge in [0.15, 0.2) is 0 Å². The summed E-state index contributed by atoms with van der Waals surface area (Å²) in [4.78, 5) is 4.39. The molecule has 0 unspecified atom stereocenters. The van der Waals surface area contributed by atoms with Gasteiger partial charge in [-0.15, -0.1) is 0 Å². The second kappa shape index (κ2) is 7.09. The summed E-state index contributed by atoms with van der Waals surface area (Å²) < 4.78 is 33.4. The van der Waals surface area contributed by atoms with Crippen LogP contribution in [0, 0.1) is 13.8 Å². The molecule has 8 heteroatoms. The molecular formula is C18H18ClN3O3S. The number of benzene rings is 2. The van der Waals surface area contributed by atoms with Crippen LogP contribution >= 0.6 is 11.6 Å². The second-order valence-corrected chi connectivity index (χ2v) is 7.97.